The summed E-state index contributed by atoms with van der Waals surface area (Å²) < 4.78 is 3.34. The molecule has 5 heteroatoms. The van der Waals surface area contributed by atoms with Crippen molar-refractivity contribution in [1.29, 1.82) is 0 Å². The molecule has 0 unspecified atom stereocenters. The molecule has 5 rings (SSSR count). The molecule has 4 aromatic heterocycles. The Morgan fingerprint density at radius 3 is 2.75 bits per heavy atom. The second kappa shape index (κ2) is 5.25. The Morgan fingerprint density at radius 1 is 0.917 bits per heavy atom. The van der Waals surface area contributed by atoms with Crippen LogP contribution in [0.4, 0.5) is 0 Å². The van der Waals surface area contributed by atoms with E-state index in [4.69, 9.17) is 0 Å². The molecule has 0 spiro atoms. The Bertz CT molecular complexity index is 1120. The molecule has 0 saturated heterocycles. The van der Waals surface area contributed by atoms with E-state index in [0.717, 1.165) is 27.5 Å². The molecule has 0 radical (unpaired) electrons. The average molecular weight is 328 g/mol. The second-order valence-electron chi connectivity index (χ2n) is 5.53. The van der Waals surface area contributed by atoms with Gasteiger partial charge in [-0.15, -0.1) is 11.3 Å². The van der Waals surface area contributed by atoms with Gasteiger partial charge < -0.3 is 0 Å². The number of nitrogens with zero attached hydrogens (tertiary/aromatic N) is 4. The van der Waals surface area contributed by atoms with E-state index in [0.29, 0.717) is 0 Å². The number of aromatic nitrogens is 4. The van der Waals surface area contributed by atoms with Gasteiger partial charge in [0, 0.05) is 28.9 Å². The molecule has 0 bridgehead atoms. The number of fused-ring (bicyclic) bond motifs is 2. The van der Waals surface area contributed by atoms with Crippen molar-refractivity contribution < 1.29 is 0 Å². The van der Waals surface area contributed by atoms with Crippen molar-refractivity contribution in [3.63, 3.8) is 0 Å². The first kappa shape index (κ1) is 13.4. The molecule has 0 atom stereocenters. The molecule has 0 aliphatic rings. The Kier molecular flexibility index (Phi) is 2.93. The molecule has 0 saturated carbocycles. The average Bonchev–Trinajstić information content (AvgIpc) is 3.26. The summed E-state index contributed by atoms with van der Waals surface area (Å²) in [6, 6.07) is 14.6. The summed E-state index contributed by atoms with van der Waals surface area (Å²) in [6.45, 7) is 0. The molecule has 114 valence electrons. The summed E-state index contributed by atoms with van der Waals surface area (Å²) in [4.78, 5) is 14.4. The van der Waals surface area contributed by atoms with Crippen LogP contribution in [0.3, 0.4) is 0 Å². The molecule has 0 aliphatic carbocycles. The zero-order valence-electron chi connectivity index (χ0n) is 12.6. The number of hydrogen-bond donors (Lipinski definition) is 0. The molecular weight excluding hydrogens is 316 g/mol. The predicted octanol–water partition coefficient (Wildman–Crippen LogP) is 4.67. The molecule has 0 aliphatic heterocycles. The van der Waals surface area contributed by atoms with E-state index in [1.54, 1.807) is 17.5 Å². The van der Waals surface area contributed by atoms with Crippen LogP contribution in [0.15, 0.2) is 73.4 Å². The Morgan fingerprint density at radius 2 is 1.88 bits per heavy atom. The van der Waals surface area contributed by atoms with Gasteiger partial charge in [-0.1, -0.05) is 18.2 Å². The van der Waals surface area contributed by atoms with E-state index < -0.39 is 0 Å². The van der Waals surface area contributed by atoms with Gasteiger partial charge in [-0.3, -0.25) is 9.38 Å². The van der Waals surface area contributed by atoms with Crippen molar-refractivity contribution in [2.24, 2.45) is 0 Å². The Balaban J connectivity index is 1.70. The van der Waals surface area contributed by atoms with Crippen LogP contribution in [0.2, 0.25) is 0 Å². The Hall–Kier alpha value is -3.05. The minimum atomic E-state index is 0.832. The molecule has 5 aromatic rings. The number of benzene rings is 1. The highest BCUT2D eigenvalue weighted by molar-refractivity contribution is 7.22. The SMILES string of the molecule is c1cncc(-c2cnc3cnc(-c4cc5ccccc5s4)cn23)c1. The molecule has 0 fully saturated rings. The van der Waals surface area contributed by atoms with Gasteiger partial charge in [-0.05, 0) is 29.7 Å². The quantitative estimate of drug-likeness (QED) is 0.473. The largest absolute Gasteiger partial charge is 0.296 e. The van der Waals surface area contributed by atoms with E-state index in [1.165, 1.54) is 10.1 Å². The second-order valence-corrected chi connectivity index (χ2v) is 6.62. The van der Waals surface area contributed by atoms with E-state index >= 15 is 0 Å². The van der Waals surface area contributed by atoms with Crippen molar-refractivity contribution in [2.75, 3.05) is 0 Å². The van der Waals surface area contributed by atoms with Gasteiger partial charge in [0.2, 0.25) is 0 Å². The van der Waals surface area contributed by atoms with E-state index in [9.17, 15) is 0 Å². The maximum Gasteiger partial charge on any atom is 0.155 e. The fourth-order valence-electron chi connectivity index (χ4n) is 2.85. The summed E-state index contributed by atoms with van der Waals surface area (Å²) in [7, 11) is 0. The first-order chi connectivity index (χ1) is 11.9. The van der Waals surface area contributed by atoms with Gasteiger partial charge in [0.25, 0.3) is 0 Å². The Labute approximate surface area is 142 Å². The highest BCUT2D eigenvalue weighted by Crippen LogP contribution is 2.32. The van der Waals surface area contributed by atoms with Gasteiger partial charge in [-0.25, -0.2) is 9.97 Å². The van der Waals surface area contributed by atoms with Crippen molar-refractivity contribution in [2.45, 2.75) is 0 Å². The highest BCUT2D eigenvalue weighted by atomic mass is 32.1. The lowest BCUT2D eigenvalue weighted by molar-refractivity contribution is 1.13. The number of thiophene rings is 1. The number of rotatable bonds is 2. The smallest absolute Gasteiger partial charge is 0.155 e. The van der Waals surface area contributed by atoms with Gasteiger partial charge in [0.05, 0.1) is 28.7 Å². The predicted molar refractivity (Wildman–Crippen MR) is 97.0 cm³/mol. The van der Waals surface area contributed by atoms with Crippen LogP contribution in [0.5, 0.6) is 0 Å². The molecular formula is C19H12N4S. The number of hydrogen-bond acceptors (Lipinski definition) is 4. The summed E-state index contributed by atoms with van der Waals surface area (Å²) >= 11 is 1.75. The van der Waals surface area contributed by atoms with E-state index in [-0.39, 0.29) is 0 Å². The molecule has 0 amide bonds. The first-order valence-corrected chi connectivity index (χ1v) is 8.42. The normalized spacial score (nSPS) is 11.3. The highest BCUT2D eigenvalue weighted by Gasteiger charge is 2.10. The van der Waals surface area contributed by atoms with Gasteiger partial charge in [0.15, 0.2) is 5.65 Å². The van der Waals surface area contributed by atoms with Crippen molar-refractivity contribution in [3.05, 3.63) is 73.4 Å². The minimum Gasteiger partial charge on any atom is -0.296 e. The monoisotopic (exact) mass is 328 g/mol. The minimum absolute atomic E-state index is 0.832. The van der Waals surface area contributed by atoms with Crippen molar-refractivity contribution in [1.82, 2.24) is 19.4 Å². The summed E-state index contributed by atoms with van der Waals surface area (Å²) in [6.07, 6.45) is 9.36. The standard InChI is InChI=1S/C19H12N4S/c1-2-6-17-13(4-1)8-18(24-17)15-12-23-16(10-22-19(23)11-21-15)14-5-3-7-20-9-14/h1-12H. The lowest BCUT2D eigenvalue weighted by Gasteiger charge is -2.03. The topological polar surface area (TPSA) is 43.1 Å². The lowest BCUT2D eigenvalue weighted by atomic mass is 10.2. The molecule has 24 heavy (non-hydrogen) atoms. The number of pyridine rings is 1. The van der Waals surface area contributed by atoms with Crippen LogP contribution in [0.25, 0.3) is 37.6 Å². The molecule has 4 heterocycles. The van der Waals surface area contributed by atoms with Crippen molar-refractivity contribution >= 4 is 27.1 Å². The molecule has 1 aromatic carbocycles. The summed E-state index contributed by atoms with van der Waals surface area (Å²) in [5, 5.41) is 1.25. The fourth-order valence-corrected chi connectivity index (χ4v) is 3.88. The fraction of sp³-hybridized carbons (Fsp3) is 0. The number of imidazole rings is 1. The van der Waals surface area contributed by atoms with Crippen LogP contribution in [-0.2, 0) is 0 Å². The first-order valence-electron chi connectivity index (χ1n) is 7.61. The van der Waals surface area contributed by atoms with Crippen LogP contribution < -0.4 is 0 Å². The molecule has 4 nitrogen and oxygen atoms in total. The van der Waals surface area contributed by atoms with Gasteiger partial charge in [0.1, 0.15) is 0 Å². The van der Waals surface area contributed by atoms with Crippen LogP contribution in [0.1, 0.15) is 0 Å². The van der Waals surface area contributed by atoms with Crippen LogP contribution >= 0.6 is 11.3 Å². The van der Waals surface area contributed by atoms with Crippen LogP contribution in [0, 0.1) is 0 Å². The van der Waals surface area contributed by atoms with Crippen LogP contribution in [-0.4, -0.2) is 19.4 Å². The van der Waals surface area contributed by atoms with Gasteiger partial charge in [-0.2, -0.15) is 0 Å². The van der Waals surface area contributed by atoms with Crippen molar-refractivity contribution in [3.8, 4) is 21.8 Å². The van der Waals surface area contributed by atoms with Gasteiger partial charge >= 0.3 is 0 Å². The third kappa shape index (κ3) is 2.10. The maximum atomic E-state index is 4.59. The molecule has 0 N–H and O–H groups in total. The zero-order valence-corrected chi connectivity index (χ0v) is 13.4. The summed E-state index contributed by atoms with van der Waals surface area (Å²) in [5.41, 5.74) is 3.84. The van der Waals surface area contributed by atoms with E-state index in [2.05, 4.69) is 55.9 Å². The lowest BCUT2D eigenvalue weighted by Crippen LogP contribution is -1.92. The van der Waals surface area contributed by atoms with E-state index in [1.807, 2.05) is 30.7 Å². The summed E-state index contributed by atoms with van der Waals surface area (Å²) in [5.74, 6) is 0. The third-order valence-corrected chi connectivity index (χ3v) is 5.17. The third-order valence-electron chi connectivity index (χ3n) is 4.03. The maximum absolute atomic E-state index is 4.59. The zero-order chi connectivity index (χ0) is 15.9.